The molecule has 4 rings (SSSR count). The van der Waals surface area contributed by atoms with Gasteiger partial charge in [-0.05, 0) is 68.1 Å². The summed E-state index contributed by atoms with van der Waals surface area (Å²) in [5, 5.41) is 3.02. The molecule has 31 heavy (non-hydrogen) atoms. The first kappa shape index (κ1) is 21.3. The first-order valence-electron chi connectivity index (χ1n) is 10.4. The Morgan fingerprint density at radius 3 is 2.58 bits per heavy atom. The maximum Gasteiger partial charge on any atom is 0.227 e. The van der Waals surface area contributed by atoms with Crippen molar-refractivity contribution in [1.82, 2.24) is 9.97 Å². The van der Waals surface area contributed by atoms with Crippen molar-refractivity contribution in [2.24, 2.45) is 5.92 Å². The van der Waals surface area contributed by atoms with Gasteiger partial charge in [-0.1, -0.05) is 28.1 Å². The third-order valence-electron chi connectivity index (χ3n) is 5.70. The Bertz CT molecular complexity index is 1060. The first-order chi connectivity index (χ1) is 15.0. The van der Waals surface area contributed by atoms with Crippen LogP contribution in [0.2, 0.25) is 0 Å². The van der Waals surface area contributed by atoms with Crippen LogP contribution >= 0.6 is 15.9 Å². The molecule has 0 atom stereocenters. The molecule has 0 radical (unpaired) electrons. The van der Waals surface area contributed by atoms with Crippen molar-refractivity contribution in [3.05, 3.63) is 70.5 Å². The van der Waals surface area contributed by atoms with Crippen molar-refractivity contribution in [2.45, 2.75) is 26.7 Å². The number of aryl methyl sites for hydroxylation is 1. The van der Waals surface area contributed by atoms with Gasteiger partial charge in [0.05, 0.1) is 0 Å². The van der Waals surface area contributed by atoms with Gasteiger partial charge in [-0.2, -0.15) is 0 Å². The second-order valence-corrected chi connectivity index (χ2v) is 8.69. The number of rotatable bonds is 5. The van der Waals surface area contributed by atoms with Crippen molar-refractivity contribution in [1.29, 1.82) is 0 Å². The van der Waals surface area contributed by atoms with Gasteiger partial charge in [0.1, 0.15) is 17.9 Å². The van der Waals surface area contributed by atoms with Crippen LogP contribution < -0.4 is 15.0 Å². The summed E-state index contributed by atoms with van der Waals surface area (Å²) in [5.41, 5.74) is 3.09. The van der Waals surface area contributed by atoms with Gasteiger partial charge >= 0.3 is 0 Å². The summed E-state index contributed by atoms with van der Waals surface area (Å²) < 4.78 is 7.00. The zero-order valence-corrected chi connectivity index (χ0v) is 19.2. The summed E-state index contributed by atoms with van der Waals surface area (Å²) in [5.74, 6) is 2.21. The number of anilines is 2. The molecule has 7 heteroatoms. The molecule has 1 fully saturated rings. The molecule has 0 spiro atoms. The van der Waals surface area contributed by atoms with Crippen LogP contribution in [0.4, 0.5) is 11.5 Å². The van der Waals surface area contributed by atoms with Gasteiger partial charge in [0.15, 0.2) is 0 Å². The fraction of sp³-hybridized carbons (Fsp3) is 0.292. The van der Waals surface area contributed by atoms with E-state index in [1.807, 2.05) is 49.4 Å². The van der Waals surface area contributed by atoms with Gasteiger partial charge in [0, 0.05) is 35.2 Å². The average molecular weight is 481 g/mol. The van der Waals surface area contributed by atoms with Crippen molar-refractivity contribution < 1.29 is 9.53 Å². The van der Waals surface area contributed by atoms with E-state index < -0.39 is 0 Å². The van der Waals surface area contributed by atoms with Crippen LogP contribution in [0.25, 0.3) is 0 Å². The third kappa shape index (κ3) is 5.22. The molecule has 2 aromatic carbocycles. The number of halogens is 1. The maximum atomic E-state index is 12.6. The van der Waals surface area contributed by atoms with E-state index in [-0.39, 0.29) is 11.8 Å². The highest BCUT2D eigenvalue weighted by atomic mass is 79.9. The molecular formula is C24H25BrN4O2. The second kappa shape index (κ2) is 9.47. The summed E-state index contributed by atoms with van der Waals surface area (Å²) in [6, 6.07) is 15.5. The predicted octanol–water partition coefficient (Wildman–Crippen LogP) is 5.50. The predicted molar refractivity (Wildman–Crippen MR) is 126 cm³/mol. The van der Waals surface area contributed by atoms with E-state index >= 15 is 0 Å². The molecule has 0 bridgehead atoms. The van der Waals surface area contributed by atoms with Gasteiger partial charge in [-0.3, -0.25) is 4.79 Å². The van der Waals surface area contributed by atoms with Gasteiger partial charge in [0.2, 0.25) is 11.8 Å². The van der Waals surface area contributed by atoms with Gasteiger partial charge in [0.25, 0.3) is 0 Å². The number of nitrogens with one attached hydrogen (secondary N) is 1. The zero-order chi connectivity index (χ0) is 21.8. The topological polar surface area (TPSA) is 67.3 Å². The molecule has 1 amide bonds. The highest BCUT2D eigenvalue weighted by Crippen LogP contribution is 2.29. The van der Waals surface area contributed by atoms with Gasteiger partial charge in [-0.25, -0.2) is 9.97 Å². The van der Waals surface area contributed by atoms with Crippen LogP contribution in [0.5, 0.6) is 11.6 Å². The molecule has 0 saturated carbocycles. The van der Waals surface area contributed by atoms with Crippen molar-refractivity contribution in [2.75, 3.05) is 23.3 Å². The van der Waals surface area contributed by atoms with Crippen LogP contribution in [0.3, 0.4) is 0 Å². The quantitative estimate of drug-likeness (QED) is 0.521. The van der Waals surface area contributed by atoms with Gasteiger partial charge in [-0.15, -0.1) is 0 Å². The fourth-order valence-electron chi connectivity index (χ4n) is 3.65. The molecule has 160 valence electrons. The summed E-state index contributed by atoms with van der Waals surface area (Å²) in [7, 11) is 0. The van der Waals surface area contributed by atoms with E-state index in [1.165, 1.54) is 11.9 Å². The number of hydrogen-bond donors (Lipinski definition) is 1. The standard InChI is InChI=1S/C24H25BrN4O2/c1-16-4-3-5-21(17(16)2)31-23-14-22(26-15-27-23)29-12-10-18(11-13-29)24(30)28-20-8-6-19(25)7-9-20/h3-9,14-15,18H,10-13H2,1-2H3,(H,28,30). The minimum absolute atomic E-state index is 0.00704. The third-order valence-corrected chi connectivity index (χ3v) is 6.23. The Hall–Kier alpha value is -2.93. The van der Waals surface area contributed by atoms with Crippen molar-refractivity contribution in [3.8, 4) is 11.6 Å². The molecule has 1 aliphatic rings. The lowest BCUT2D eigenvalue weighted by molar-refractivity contribution is -0.120. The van der Waals surface area contributed by atoms with Crippen LogP contribution in [0.15, 0.2) is 59.3 Å². The summed E-state index contributed by atoms with van der Waals surface area (Å²) in [6.07, 6.45) is 3.08. The number of amides is 1. The molecule has 1 aliphatic heterocycles. The number of aromatic nitrogens is 2. The Balaban J connectivity index is 1.36. The molecule has 3 aromatic rings. The van der Waals surface area contributed by atoms with Crippen LogP contribution in [-0.4, -0.2) is 29.0 Å². The summed E-state index contributed by atoms with van der Waals surface area (Å²) in [6.45, 7) is 5.62. The van der Waals surface area contributed by atoms with E-state index in [0.717, 1.165) is 53.2 Å². The maximum absolute atomic E-state index is 12.6. The van der Waals surface area contributed by atoms with Crippen LogP contribution in [-0.2, 0) is 4.79 Å². The van der Waals surface area contributed by atoms with E-state index in [4.69, 9.17) is 4.74 Å². The number of benzene rings is 2. The minimum Gasteiger partial charge on any atom is -0.439 e. The Morgan fingerprint density at radius 1 is 1.10 bits per heavy atom. The smallest absolute Gasteiger partial charge is 0.227 e. The molecule has 1 saturated heterocycles. The summed E-state index contributed by atoms with van der Waals surface area (Å²) >= 11 is 3.41. The second-order valence-electron chi connectivity index (χ2n) is 7.77. The SMILES string of the molecule is Cc1cccc(Oc2cc(N3CCC(C(=O)Nc4ccc(Br)cc4)CC3)ncn2)c1C. The average Bonchev–Trinajstić information content (AvgIpc) is 2.79. The van der Waals surface area contributed by atoms with Gasteiger partial charge < -0.3 is 15.0 Å². The molecule has 1 aromatic heterocycles. The van der Waals surface area contributed by atoms with E-state index in [1.54, 1.807) is 0 Å². The Kier molecular flexibility index (Phi) is 6.51. The highest BCUT2D eigenvalue weighted by molar-refractivity contribution is 9.10. The van der Waals surface area contributed by atoms with Crippen molar-refractivity contribution in [3.63, 3.8) is 0 Å². The summed E-state index contributed by atoms with van der Waals surface area (Å²) in [4.78, 5) is 23.5. The molecule has 6 nitrogen and oxygen atoms in total. The number of hydrogen-bond acceptors (Lipinski definition) is 5. The molecular weight excluding hydrogens is 456 g/mol. The lowest BCUT2D eigenvalue weighted by Crippen LogP contribution is -2.38. The molecule has 2 heterocycles. The largest absolute Gasteiger partial charge is 0.439 e. The number of carbonyl (C=O) groups excluding carboxylic acids is 1. The van der Waals surface area contributed by atoms with Crippen molar-refractivity contribution >= 4 is 33.3 Å². The minimum atomic E-state index is -0.00704. The normalized spacial score (nSPS) is 14.4. The zero-order valence-electron chi connectivity index (χ0n) is 17.6. The van der Waals surface area contributed by atoms with Crippen LogP contribution in [0.1, 0.15) is 24.0 Å². The fourth-order valence-corrected chi connectivity index (χ4v) is 3.92. The highest BCUT2D eigenvalue weighted by Gasteiger charge is 2.26. The number of piperidine rings is 1. The lowest BCUT2D eigenvalue weighted by atomic mass is 9.96. The number of carbonyl (C=O) groups is 1. The monoisotopic (exact) mass is 480 g/mol. The Labute approximate surface area is 190 Å². The number of nitrogens with zero attached hydrogens (tertiary/aromatic N) is 3. The van der Waals surface area contributed by atoms with Crippen LogP contribution in [0, 0.1) is 19.8 Å². The Morgan fingerprint density at radius 2 is 1.84 bits per heavy atom. The first-order valence-corrected chi connectivity index (χ1v) is 11.2. The molecule has 0 aliphatic carbocycles. The van der Waals surface area contributed by atoms with E-state index in [2.05, 4.69) is 49.1 Å². The molecule has 0 unspecified atom stereocenters. The molecule has 1 N–H and O–H groups in total. The van der Waals surface area contributed by atoms with E-state index in [0.29, 0.717) is 5.88 Å². The van der Waals surface area contributed by atoms with E-state index in [9.17, 15) is 4.79 Å². The number of ether oxygens (including phenoxy) is 1. The lowest BCUT2D eigenvalue weighted by Gasteiger charge is -2.32.